The number of para-hydroxylation sites is 1. The van der Waals surface area contributed by atoms with Gasteiger partial charge >= 0.3 is 0 Å². The molecule has 0 bridgehead atoms. The van der Waals surface area contributed by atoms with Gasteiger partial charge < -0.3 is 4.90 Å². The monoisotopic (exact) mass is 651 g/mol. The van der Waals surface area contributed by atoms with Crippen molar-refractivity contribution in [3.05, 3.63) is 221 Å². The number of rotatable bonds is 5. The maximum absolute atomic E-state index is 2.44. The van der Waals surface area contributed by atoms with Crippen molar-refractivity contribution < 1.29 is 0 Å². The molecule has 51 heavy (non-hydrogen) atoms. The van der Waals surface area contributed by atoms with Gasteiger partial charge in [0.05, 0.1) is 5.41 Å². The molecule has 10 rings (SSSR count). The van der Waals surface area contributed by atoms with E-state index < -0.39 is 5.41 Å². The normalized spacial score (nSPS) is 14.4. The molecule has 8 aromatic carbocycles. The molecule has 0 saturated carbocycles. The summed E-state index contributed by atoms with van der Waals surface area (Å²) < 4.78 is 0. The van der Waals surface area contributed by atoms with Crippen molar-refractivity contribution in [2.45, 2.75) is 24.7 Å². The van der Waals surface area contributed by atoms with Crippen LogP contribution >= 0.6 is 0 Å². The first-order valence-corrected chi connectivity index (χ1v) is 17.9. The van der Waals surface area contributed by atoms with Gasteiger partial charge in [0, 0.05) is 22.5 Å². The molecule has 1 heteroatoms. The zero-order valence-corrected chi connectivity index (χ0v) is 28.8. The number of fused-ring (bicyclic) bond motifs is 7. The second-order valence-corrected chi connectivity index (χ2v) is 14.5. The number of hydrogen-bond donors (Lipinski definition) is 0. The van der Waals surface area contributed by atoms with E-state index in [0.717, 1.165) is 17.1 Å². The first kappa shape index (κ1) is 29.7. The number of anilines is 3. The molecular formula is C50H37N. The van der Waals surface area contributed by atoms with Crippen LogP contribution in [0.3, 0.4) is 0 Å². The van der Waals surface area contributed by atoms with Crippen LogP contribution in [0.1, 0.15) is 47.2 Å². The largest absolute Gasteiger partial charge is 0.310 e. The van der Waals surface area contributed by atoms with Crippen LogP contribution in [0, 0.1) is 0 Å². The van der Waals surface area contributed by atoms with E-state index in [9.17, 15) is 0 Å². The fraction of sp³-hybridized carbons (Fsp3) is 0.0800. The van der Waals surface area contributed by atoms with Gasteiger partial charge in [-0.1, -0.05) is 153 Å². The molecule has 0 amide bonds. The SMILES string of the molecule is CC1(C)c2cc(N(c3ccccc3)c3ccc4c(c3)-c3ccccc3C4(c3ccccc3)c3ccccc3)ccc2-c2cc3ccccc3cc21. The van der Waals surface area contributed by atoms with Crippen LogP contribution in [0.4, 0.5) is 17.1 Å². The number of hydrogen-bond acceptors (Lipinski definition) is 1. The van der Waals surface area contributed by atoms with Crippen LogP contribution in [0.2, 0.25) is 0 Å². The lowest BCUT2D eigenvalue weighted by molar-refractivity contribution is 0.661. The molecule has 0 N–H and O–H groups in total. The van der Waals surface area contributed by atoms with Crippen molar-refractivity contribution in [1.82, 2.24) is 0 Å². The molecule has 0 radical (unpaired) electrons. The molecule has 0 aromatic heterocycles. The fourth-order valence-corrected chi connectivity index (χ4v) is 9.15. The Morgan fingerprint density at radius 3 is 1.53 bits per heavy atom. The topological polar surface area (TPSA) is 3.24 Å². The van der Waals surface area contributed by atoms with Crippen LogP contribution in [0.15, 0.2) is 188 Å². The second-order valence-electron chi connectivity index (χ2n) is 14.5. The summed E-state index contributed by atoms with van der Waals surface area (Å²) in [5.74, 6) is 0. The van der Waals surface area contributed by atoms with Gasteiger partial charge in [0.15, 0.2) is 0 Å². The Morgan fingerprint density at radius 2 is 0.824 bits per heavy atom. The van der Waals surface area contributed by atoms with Crippen molar-refractivity contribution in [1.29, 1.82) is 0 Å². The van der Waals surface area contributed by atoms with E-state index in [1.165, 1.54) is 66.4 Å². The van der Waals surface area contributed by atoms with Gasteiger partial charge in [0.25, 0.3) is 0 Å². The van der Waals surface area contributed by atoms with Gasteiger partial charge in [0.2, 0.25) is 0 Å². The van der Waals surface area contributed by atoms with Crippen molar-refractivity contribution in [3.63, 3.8) is 0 Å². The van der Waals surface area contributed by atoms with E-state index >= 15 is 0 Å². The Labute approximate surface area is 300 Å². The van der Waals surface area contributed by atoms with Crippen LogP contribution in [0.25, 0.3) is 33.0 Å². The molecule has 8 aromatic rings. The number of benzene rings is 8. The summed E-state index contributed by atoms with van der Waals surface area (Å²) in [6.45, 7) is 4.75. The van der Waals surface area contributed by atoms with E-state index in [0.29, 0.717) is 0 Å². The highest BCUT2D eigenvalue weighted by molar-refractivity contribution is 5.95. The van der Waals surface area contributed by atoms with E-state index in [4.69, 9.17) is 0 Å². The molecular weight excluding hydrogens is 615 g/mol. The molecule has 1 nitrogen and oxygen atoms in total. The predicted octanol–water partition coefficient (Wildman–Crippen LogP) is 13.0. The average Bonchev–Trinajstić information content (AvgIpc) is 3.60. The molecule has 0 heterocycles. The van der Waals surface area contributed by atoms with E-state index in [1.54, 1.807) is 0 Å². The fourth-order valence-electron chi connectivity index (χ4n) is 9.15. The van der Waals surface area contributed by atoms with Crippen molar-refractivity contribution in [3.8, 4) is 22.3 Å². The molecule has 0 unspecified atom stereocenters. The Kier molecular flexibility index (Phi) is 6.51. The minimum Gasteiger partial charge on any atom is -0.310 e. The Balaban J connectivity index is 1.18. The third-order valence-electron chi connectivity index (χ3n) is 11.5. The molecule has 0 saturated heterocycles. The van der Waals surface area contributed by atoms with E-state index in [1.807, 2.05) is 0 Å². The van der Waals surface area contributed by atoms with Crippen molar-refractivity contribution in [2.24, 2.45) is 0 Å². The summed E-state index contributed by atoms with van der Waals surface area (Å²) in [6, 6.07) is 69.6. The van der Waals surface area contributed by atoms with Crippen LogP contribution in [-0.2, 0) is 10.8 Å². The summed E-state index contributed by atoms with van der Waals surface area (Å²) in [4.78, 5) is 2.43. The smallest absolute Gasteiger partial charge is 0.0713 e. The average molecular weight is 652 g/mol. The van der Waals surface area contributed by atoms with Crippen molar-refractivity contribution >= 4 is 27.8 Å². The van der Waals surface area contributed by atoms with Gasteiger partial charge in [-0.15, -0.1) is 0 Å². The van der Waals surface area contributed by atoms with Gasteiger partial charge in [-0.05, 0) is 115 Å². The zero-order valence-electron chi connectivity index (χ0n) is 28.8. The quantitative estimate of drug-likeness (QED) is 0.179. The third kappa shape index (κ3) is 4.28. The maximum Gasteiger partial charge on any atom is 0.0713 e. The highest BCUT2D eigenvalue weighted by Crippen LogP contribution is 2.57. The summed E-state index contributed by atoms with van der Waals surface area (Å²) in [5.41, 5.74) is 16.1. The van der Waals surface area contributed by atoms with Crippen molar-refractivity contribution in [2.75, 3.05) is 4.90 Å². The second kappa shape index (κ2) is 11.2. The first-order chi connectivity index (χ1) is 25.0. The van der Waals surface area contributed by atoms with Gasteiger partial charge in [-0.3, -0.25) is 0 Å². The van der Waals surface area contributed by atoms with Gasteiger partial charge in [-0.25, -0.2) is 0 Å². The lowest BCUT2D eigenvalue weighted by atomic mass is 9.68. The Bertz CT molecular complexity index is 2560. The van der Waals surface area contributed by atoms with Crippen LogP contribution < -0.4 is 4.90 Å². The highest BCUT2D eigenvalue weighted by atomic mass is 15.1. The lowest BCUT2D eigenvalue weighted by Gasteiger charge is -2.34. The van der Waals surface area contributed by atoms with E-state index in [2.05, 4.69) is 207 Å². The standard InChI is InChI=1S/C50H37N/c1-49(2)47-31-35-17-13-12-16-34(35)30-43(47)42-28-26-40(33-48(42)49)51(38-22-10-5-11-23-38)39-27-29-46-44(32-39)41-24-14-15-25-45(41)50(46,36-18-6-3-7-19-36)37-20-8-4-9-21-37/h3-33H,1-2H3. The van der Waals surface area contributed by atoms with Gasteiger partial charge in [0.1, 0.15) is 0 Å². The lowest BCUT2D eigenvalue weighted by Crippen LogP contribution is -2.28. The minimum absolute atomic E-state index is 0.130. The van der Waals surface area contributed by atoms with E-state index in [-0.39, 0.29) is 5.41 Å². The molecule has 2 aliphatic carbocycles. The summed E-state index contributed by atoms with van der Waals surface area (Å²) in [6.07, 6.45) is 0. The maximum atomic E-state index is 2.44. The Hall–Kier alpha value is -6.18. The molecule has 0 atom stereocenters. The predicted molar refractivity (Wildman–Crippen MR) is 213 cm³/mol. The molecule has 0 fully saturated rings. The highest BCUT2D eigenvalue weighted by Gasteiger charge is 2.46. The molecule has 0 aliphatic heterocycles. The van der Waals surface area contributed by atoms with Crippen LogP contribution in [-0.4, -0.2) is 0 Å². The third-order valence-corrected chi connectivity index (χ3v) is 11.5. The minimum atomic E-state index is -0.419. The molecule has 2 aliphatic rings. The summed E-state index contributed by atoms with van der Waals surface area (Å²) in [7, 11) is 0. The molecule has 0 spiro atoms. The van der Waals surface area contributed by atoms with Crippen LogP contribution in [0.5, 0.6) is 0 Å². The van der Waals surface area contributed by atoms with Gasteiger partial charge in [-0.2, -0.15) is 0 Å². The molecule has 242 valence electrons. The first-order valence-electron chi connectivity index (χ1n) is 17.9. The Morgan fingerprint density at radius 1 is 0.333 bits per heavy atom. The zero-order chi connectivity index (χ0) is 34.2. The number of nitrogens with zero attached hydrogens (tertiary/aromatic N) is 1. The summed E-state index contributed by atoms with van der Waals surface area (Å²) in [5, 5.41) is 2.58. The summed E-state index contributed by atoms with van der Waals surface area (Å²) >= 11 is 0.